The molecule has 0 saturated carbocycles. The van der Waals surface area contributed by atoms with Crippen LogP contribution in [0.15, 0.2) is 59.5 Å². The number of ether oxygens (including phenoxy) is 1. The number of thiazole rings is 1. The summed E-state index contributed by atoms with van der Waals surface area (Å²) in [7, 11) is -3.31. The van der Waals surface area contributed by atoms with Gasteiger partial charge in [0.1, 0.15) is 0 Å². The fourth-order valence-electron chi connectivity index (χ4n) is 3.31. The molecule has 4 rings (SSSR count). The number of carbonyl (C=O) groups is 1. The van der Waals surface area contributed by atoms with Gasteiger partial charge in [-0.15, -0.1) is 0 Å². The van der Waals surface area contributed by atoms with Crippen LogP contribution in [0.5, 0.6) is 0 Å². The van der Waals surface area contributed by atoms with Crippen LogP contribution in [-0.4, -0.2) is 44.8 Å². The van der Waals surface area contributed by atoms with Crippen LogP contribution in [0, 0.1) is 0 Å². The molecule has 0 radical (unpaired) electrons. The average molecular weight is 443 g/mol. The molecule has 1 saturated heterocycles. The first-order valence-electron chi connectivity index (χ1n) is 9.67. The van der Waals surface area contributed by atoms with Gasteiger partial charge in [-0.3, -0.25) is 9.69 Å². The largest absolute Gasteiger partial charge is 0.376 e. The first-order chi connectivity index (χ1) is 14.4. The van der Waals surface area contributed by atoms with Gasteiger partial charge in [0.2, 0.25) is 0 Å². The molecule has 2 heterocycles. The van der Waals surface area contributed by atoms with Gasteiger partial charge in [-0.1, -0.05) is 41.7 Å². The highest BCUT2D eigenvalue weighted by Gasteiger charge is 2.25. The van der Waals surface area contributed by atoms with Crippen molar-refractivity contribution < 1.29 is 17.9 Å². The van der Waals surface area contributed by atoms with E-state index in [2.05, 4.69) is 4.98 Å². The molecule has 0 aliphatic carbocycles. The SMILES string of the molecule is CS(=O)(=O)c1ccc2nc(N(CC3CCCO3)C(=O)/C=C/c3ccccc3)sc2c1. The van der Waals surface area contributed by atoms with E-state index in [1.54, 1.807) is 29.2 Å². The van der Waals surface area contributed by atoms with E-state index in [9.17, 15) is 13.2 Å². The van der Waals surface area contributed by atoms with Crippen molar-refractivity contribution in [1.29, 1.82) is 0 Å². The number of benzene rings is 2. The zero-order valence-corrected chi connectivity index (χ0v) is 18.2. The second-order valence-electron chi connectivity index (χ2n) is 7.23. The molecule has 30 heavy (non-hydrogen) atoms. The summed E-state index contributed by atoms with van der Waals surface area (Å²) in [4.78, 5) is 19.5. The number of sulfone groups is 1. The predicted octanol–water partition coefficient (Wildman–Crippen LogP) is 3.93. The van der Waals surface area contributed by atoms with Crippen LogP contribution in [0.4, 0.5) is 5.13 Å². The molecule has 0 bridgehead atoms. The maximum atomic E-state index is 13.1. The third-order valence-electron chi connectivity index (χ3n) is 4.90. The number of carbonyl (C=O) groups excluding carboxylic acids is 1. The summed E-state index contributed by atoms with van der Waals surface area (Å²) >= 11 is 1.31. The summed E-state index contributed by atoms with van der Waals surface area (Å²) in [6, 6.07) is 14.5. The van der Waals surface area contributed by atoms with Gasteiger partial charge in [0.15, 0.2) is 15.0 Å². The van der Waals surface area contributed by atoms with Crippen LogP contribution in [0.2, 0.25) is 0 Å². The summed E-state index contributed by atoms with van der Waals surface area (Å²) in [5, 5.41) is 0.536. The molecule has 3 aromatic rings. The number of amides is 1. The lowest BCUT2D eigenvalue weighted by atomic mass is 10.2. The van der Waals surface area contributed by atoms with Crippen molar-refractivity contribution in [3.8, 4) is 0 Å². The number of anilines is 1. The van der Waals surface area contributed by atoms with Crippen molar-refractivity contribution in [2.45, 2.75) is 23.8 Å². The Morgan fingerprint density at radius 2 is 2.07 bits per heavy atom. The van der Waals surface area contributed by atoms with Gasteiger partial charge in [-0.25, -0.2) is 13.4 Å². The molecule has 0 N–H and O–H groups in total. The lowest BCUT2D eigenvalue weighted by Gasteiger charge is -2.21. The zero-order valence-electron chi connectivity index (χ0n) is 16.5. The second-order valence-corrected chi connectivity index (χ2v) is 10.3. The molecular weight excluding hydrogens is 420 g/mol. The summed E-state index contributed by atoms with van der Waals surface area (Å²) in [5.41, 5.74) is 1.60. The lowest BCUT2D eigenvalue weighted by molar-refractivity contribution is -0.114. The normalized spacial score (nSPS) is 17.0. The van der Waals surface area contributed by atoms with E-state index in [-0.39, 0.29) is 16.9 Å². The Hall–Kier alpha value is -2.55. The van der Waals surface area contributed by atoms with E-state index in [4.69, 9.17) is 4.74 Å². The minimum atomic E-state index is -3.31. The van der Waals surface area contributed by atoms with Crippen LogP contribution in [0.1, 0.15) is 18.4 Å². The number of fused-ring (bicyclic) bond motifs is 1. The topological polar surface area (TPSA) is 76.6 Å². The van der Waals surface area contributed by atoms with Gasteiger partial charge in [-0.05, 0) is 42.7 Å². The molecule has 1 aromatic heterocycles. The van der Waals surface area contributed by atoms with E-state index in [1.165, 1.54) is 23.7 Å². The monoisotopic (exact) mass is 442 g/mol. The van der Waals surface area contributed by atoms with Crippen molar-refractivity contribution in [2.75, 3.05) is 24.3 Å². The highest BCUT2D eigenvalue weighted by Crippen LogP contribution is 2.31. The standard InChI is InChI=1S/C22H22N2O4S2/c1-30(26,27)18-10-11-19-20(14-18)29-22(23-19)24(15-17-8-5-13-28-17)21(25)12-9-16-6-3-2-4-7-16/h2-4,6-7,9-12,14,17H,5,8,13,15H2,1H3/b12-9+. The van der Waals surface area contributed by atoms with Crippen LogP contribution < -0.4 is 4.90 Å². The zero-order chi connectivity index (χ0) is 21.1. The van der Waals surface area contributed by atoms with Gasteiger partial charge >= 0.3 is 0 Å². The van der Waals surface area contributed by atoms with Crippen molar-refractivity contribution in [3.63, 3.8) is 0 Å². The first kappa shape index (κ1) is 20.7. The van der Waals surface area contributed by atoms with Crippen molar-refractivity contribution >= 4 is 48.5 Å². The van der Waals surface area contributed by atoms with Gasteiger partial charge in [0.25, 0.3) is 5.91 Å². The third kappa shape index (κ3) is 4.77. The Balaban J connectivity index is 1.66. The maximum absolute atomic E-state index is 13.1. The minimum absolute atomic E-state index is 0.0299. The van der Waals surface area contributed by atoms with Gasteiger partial charge in [0.05, 0.1) is 27.8 Å². The van der Waals surface area contributed by atoms with Crippen molar-refractivity contribution in [2.24, 2.45) is 0 Å². The molecule has 156 valence electrons. The lowest BCUT2D eigenvalue weighted by Crippen LogP contribution is -2.36. The molecule has 1 aliphatic heterocycles. The fraction of sp³-hybridized carbons (Fsp3) is 0.273. The van der Waals surface area contributed by atoms with E-state index < -0.39 is 9.84 Å². The number of hydrogen-bond donors (Lipinski definition) is 0. The number of rotatable bonds is 6. The summed E-state index contributed by atoms with van der Waals surface area (Å²) in [5.74, 6) is -0.184. The van der Waals surface area contributed by atoms with Gasteiger partial charge in [0, 0.05) is 18.9 Å². The Bertz CT molecular complexity index is 1180. The fourth-order valence-corrected chi connectivity index (χ4v) is 5.06. The number of nitrogens with zero attached hydrogens (tertiary/aromatic N) is 2. The summed E-state index contributed by atoms with van der Waals surface area (Å²) in [6.07, 6.45) is 6.34. The molecule has 2 aromatic carbocycles. The van der Waals surface area contributed by atoms with Crippen molar-refractivity contribution in [3.05, 3.63) is 60.2 Å². The number of aromatic nitrogens is 1. The minimum Gasteiger partial charge on any atom is -0.376 e. The molecule has 1 fully saturated rings. The third-order valence-corrected chi connectivity index (χ3v) is 7.05. The van der Waals surface area contributed by atoms with Crippen LogP contribution >= 0.6 is 11.3 Å². The van der Waals surface area contributed by atoms with Gasteiger partial charge in [-0.2, -0.15) is 0 Å². The molecule has 6 nitrogen and oxygen atoms in total. The Kier molecular flexibility index (Phi) is 5.99. The van der Waals surface area contributed by atoms with E-state index in [1.807, 2.05) is 30.3 Å². The average Bonchev–Trinajstić information content (AvgIpc) is 3.39. The highest BCUT2D eigenvalue weighted by molar-refractivity contribution is 7.90. The molecule has 1 atom stereocenters. The van der Waals surface area contributed by atoms with E-state index in [0.29, 0.717) is 23.8 Å². The molecule has 1 aliphatic rings. The summed E-state index contributed by atoms with van der Waals surface area (Å²) in [6.45, 7) is 1.11. The maximum Gasteiger partial charge on any atom is 0.252 e. The molecule has 8 heteroatoms. The van der Waals surface area contributed by atoms with E-state index >= 15 is 0 Å². The highest BCUT2D eigenvalue weighted by atomic mass is 32.2. The summed E-state index contributed by atoms with van der Waals surface area (Å²) < 4.78 is 30.2. The Morgan fingerprint density at radius 3 is 2.77 bits per heavy atom. The van der Waals surface area contributed by atoms with Crippen LogP contribution in [0.25, 0.3) is 16.3 Å². The second kappa shape index (κ2) is 8.67. The van der Waals surface area contributed by atoms with E-state index in [0.717, 1.165) is 23.1 Å². The van der Waals surface area contributed by atoms with Crippen molar-refractivity contribution in [1.82, 2.24) is 4.98 Å². The predicted molar refractivity (Wildman–Crippen MR) is 120 cm³/mol. The molecule has 1 unspecified atom stereocenters. The molecule has 1 amide bonds. The smallest absolute Gasteiger partial charge is 0.252 e. The van der Waals surface area contributed by atoms with Gasteiger partial charge < -0.3 is 4.74 Å². The Morgan fingerprint density at radius 1 is 1.27 bits per heavy atom. The first-order valence-corrected chi connectivity index (χ1v) is 12.4. The van der Waals surface area contributed by atoms with Crippen LogP contribution in [-0.2, 0) is 19.4 Å². The number of hydrogen-bond acceptors (Lipinski definition) is 6. The Labute approximate surface area is 179 Å². The molecule has 0 spiro atoms. The quantitative estimate of drug-likeness (QED) is 0.541. The van der Waals surface area contributed by atoms with Crippen LogP contribution in [0.3, 0.4) is 0 Å². The molecular formula is C22H22N2O4S2.